The lowest BCUT2D eigenvalue weighted by Gasteiger charge is -2.10. The van der Waals surface area contributed by atoms with Gasteiger partial charge in [0.25, 0.3) is 5.91 Å². The lowest BCUT2D eigenvalue weighted by molar-refractivity contribution is -0.126. The SMILES string of the molecule is CCOc1ccc(/C=N\OCC(=O)NC2CCCC2)cc1OC. The van der Waals surface area contributed by atoms with Crippen LogP contribution in [0.5, 0.6) is 11.5 Å². The molecule has 1 fully saturated rings. The second-order valence-electron chi connectivity index (χ2n) is 5.40. The van der Waals surface area contributed by atoms with Gasteiger partial charge < -0.3 is 19.6 Å². The van der Waals surface area contributed by atoms with Crippen molar-refractivity contribution in [1.82, 2.24) is 5.32 Å². The van der Waals surface area contributed by atoms with Crippen molar-refractivity contribution in [2.45, 2.75) is 38.6 Å². The maximum Gasteiger partial charge on any atom is 0.260 e. The van der Waals surface area contributed by atoms with Crippen LogP contribution in [0, 0.1) is 0 Å². The van der Waals surface area contributed by atoms with E-state index in [0.717, 1.165) is 18.4 Å². The van der Waals surface area contributed by atoms with Gasteiger partial charge in [-0.25, -0.2) is 0 Å². The first-order chi connectivity index (χ1) is 11.2. The Morgan fingerprint density at radius 1 is 1.35 bits per heavy atom. The summed E-state index contributed by atoms with van der Waals surface area (Å²) in [4.78, 5) is 16.7. The predicted octanol–water partition coefficient (Wildman–Crippen LogP) is 2.50. The molecule has 0 spiro atoms. The zero-order chi connectivity index (χ0) is 16.5. The number of carbonyl (C=O) groups excluding carboxylic acids is 1. The van der Waals surface area contributed by atoms with E-state index in [1.165, 1.54) is 12.8 Å². The molecule has 23 heavy (non-hydrogen) atoms. The summed E-state index contributed by atoms with van der Waals surface area (Å²) in [6.45, 7) is 2.42. The molecule has 0 aliphatic heterocycles. The Morgan fingerprint density at radius 2 is 2.13 bits per heavy atom. The first-order valence-electron chi connectivity index (χ1n) is 7.98. The Labute approximate surface area is 136 Å². The largest absolute Gasteiger partial charge is 0.493 e. The Kier molecular flexibility index (Phi) is 6.72. The molecule has 1 aromatic rings. The molecule has 126 valence electrons. The molecule has 0 saturated heterocycles. The van der Waals surface area contributed by atoms with Crippen LogP contribution < -0.4 is 14.8 Å². The molecule has 1 aromatic carbocycles. The van der Waals surface area contributed by atoms with Gasteiger partial charge in [-0.15, -0.1) is 0 Å². The summed E-state index contributed by atoms with van der Waals surface area (Å²) in [7, 11) is 1.59. The number of nitrogens with one attached hydrogen (secondary N) is 1. The Morgan fingerprint density at radius 3 is 2.83 bits per heavy atom. The summed E-state index contributed by atoms with van der Waals surface area (Å²) < 4.78 is 10.7. The van der Waals surface area contributed by atoms with Crippen molar-refractivity contribution in [2.75, 3.05) is 20.3 Å². The highest BCUT2D eigenvalue weighted by Gasteiger charge is 2.16. The van der Waals surface area contributed by atoms with E-state index in [9.17, 15) is 4.79 Å². The van der Waals surface area contributed by atoms with Crippen molar-refractivity contribution in [3.63, 3.8) is 0 Å². The van der Waals surface area contributed by atoms with Crippen LogP contribution >= 0.6 is 0 Å². The number of oxime groups is 1. The topological polar surface area (TPSA) is 69.2 Å². The standard InChI is InChI=1S/C17H24N2O4/c1-3-22-15-9-8-13(10-16(15)21-2)11-18-23-12-17(20)19-14-6-4-5-7-14/h8-11,14H,3-7,12H2,1-2H3,(H,19,20)/b18-11-. The number of methoxy groups -OCH3 is 1. The van der Waals surface area contributed by atoms with E-state index in [4.69, 9.17) is 14.3 Å². The molecular weight excluding hydrogens is 296 g/mol. The van der Waals surface area contributed by atoms with Crippen LogP contribution in [0.25, 0.3) is 0 Å². The van der Waals surface area contributed by atoms with Gasteiger partial charge in [-0.05, 0) is 38.0 Å². The molecule has 6 heteroatoms. The van der Waals surface area contributed by atoms with Gasteiger partial charge in [0.15, 0.2) is 18.1 Å². The van der Waals surface area contributed by atoms with Crippen molar-refractivity contribution in [3.8, 4) is 11.5 Å². The first kappa shape index (κ1) is 17.1. The van der Waals surface area contributed by atoms with Crippen LogP contribution in [0.15, 0.2) is 23.4 Å². The van der Waals surface area contributed by atoms with Gasteiger partial charge >= 0.3 is 0 Å². The van der Waals surface area contributed by atoms with E-state index in [-0.39, 0.29) is 12.5 Å². The number of carbonyl (C=O) groups is 1. The van der Waals surface area contributed by atoms with Crippen LogP contribution in [0.3, 0.4) is 0 Å². The van der Waals surface area contributed by atoms with Gasteiger partial charge in [-0.3, -0.25) is 4.79 Å². The smallest absolute Gasteiger partial charge is 0.260 e. The molecule has 6 nitrogen and oxygen atoms in total. The van der Waals surface area contributed by atoms with Gasteiger partial charge in [-0.1, -0.05) is 18.0 Å². The third-order valence-electron chi connectivity index (χ3n) is 3.68. The maximum atomic E-state index is 11.7. The average Bonchev–Trinajstić information content (AvgIpc) is 3.06. The van der Waals surface area contributed by atoms with Crippen LogP contribution in [0.4, 0.5) is 0 Å². The second kappa shape index (κ2) is 9.02. The molecule has 1 aliphatic rings. The van der Waals surface area contributed by atoms with E-state index in [1.54, 1.807) is 19.4 Å². The quantitative estimate of drug-likeness (QED) is 0.590. The highest BCUT2D eigenvalue weighted by Crippen LogP contribution is 2.27. The maximum absolute atomic E-state index is 11.7. The monoisotopic (exact) mass is 320 g/mol. The van der Waals surface area contributed by atoms with Crippen LogP contribution in [0.1, 0.15) is 38.2 Å². The van der Waals surface area contributed by atoms with E-state index in [2.05, 4.69) is 10.5 Å². The molecule has 0 heterocycles. The summed E-state index contributed by atoms with van der Waals surface area (Å²) in [6, 6.07) is 5.76. The molecule has 0 radical (unpaired) electrons. The fraction of sp³-hybridized carbons (Fsp3) is 0.529. The minimum atomic E-state index is -0.127. The Balaban J connectivity index is 1.79. The van der Waals surface area contributed by atoms with Gasteiger partial charge in [-0.2, -0.15) is 0 Å². The van der Waals surface area contributed by atoms with Crippen molar-refractivity contribution in [2.24, 2.45) is 5.16 Å². The minimum absolute atomic E-state index is 0.0683. The van der Waals surface area contributed by atoms with Gasteiger partial charge in [0.05, 0.1) is 19.9 Å². The summed E-state index contributed by atoms with van der Waals surface area (Å²) in [5, 5.41) is 6.77. The average molecular weight is 320 g/mol. The molecule has 1 saturated carbocycles. The highest BCUT2D eigenvalue weighted by atomic mass is 16.6. The number of hydrogen-bond acceptors (Lipinski definition) is 5. The minimum Gasteiger partial charge on any atom is -0.493 e. The summed E-state index contributed by atoms with van der Waals surface area (Å²) in [6.07, 6.45) is 6.02. The zero-order valence-corrected chi connectivity index (χ0v) is 13.7. The van der Waals surface area contributed by atoms with Crippen LogP contribution in [-0.2, 0) is 9.63 Å². The summed E-state index contributed by atoms with van der Waals surface area (Å²) >= 11 is 0. The van der Waals surface area contributed by atoms with Gasteiger partial charge in [0, 0.05) is 11.6 Å². The van der Waals surface area contributed by atoms with E-state index >= 15 is 0 Å². The molecule has 0 aromatic heterocycles. The van der Waals surface area contributed by atoms with E-state index < -0.39 is 0 Å². The highest BCUT2D eigenvalue weighted by molar-refractivity contribution is 5.81. The first-order valence-corrected chi connectivity index (χ1v) is 7.98. The fourth-order valence-corrected chi connectivity index (χ4v) is 2.57. The normalized spacial score (nSPS) is 14.9. The third kappa shape index (κ3) is 5.47. The van der Waals surface area contributed by atoms with Crippen molar-refractivity contribution < 1.29 is 19.1 Å². The molecule has 0 unspecified atom stereocenters. The number of benzene rings is 1. The molecule has 1 amide bonds. The van der Waals surface area contributed by atoms with E-state index in [1.807, 2.05) is 19.1 Å². The fourth-order valence-electron chi connectivity index (χ4n) is 2.57. The molecule has 0 bridgehead atoms. The van der Waals surface area contributed by atoms with Crippen LogP contribution in [-0.4, -0.2) is 38.5 Å². The molecule has 1 aliphatic carbocycles. The second-order valence-corrected chi connectivity index (χ2v) is 5.40. The molecule has 0 atom stereocenters. The number of ether oxygens (including phenoxy) is 2. The number of hydrogen-bond donors (Lipinski definition) is 1. The Hall–Kier alpha value is -2.24. The summed E-state index contributed by atoms with van der Waals surface area (Å²) in [5.41, 5.74) is 0.807. The van der Waals surface area contributed by atoms with Gasteiger partial charge in [0.1, 0.15) is 0 Å². The van der Waals surface area contributed by atoms with Crippen LogP contribution in [0.2, 0.25) is 0 Å². The predicted molar refractivity (Wildman–Crippen MR) is 88.1 cm³/mol. The van der Waals surface area contributed by atoms with Crippen molar-refractivity contribution in [1.29, 1.82) is 0 Å². The van der Waals surface area contributed by atoms with Crippen molar-refractivity contribution in [3.05, 3.63) is 23.8 Å². The van der Waals surface area contributed by atoms with Crippen molar-refractivity contribution >= 4 is 12.1 Å². The lowest BCUT2D eigenvalue weighted by atomic mass is 10.2. The lowest BCUT2D eigenvalue weighted by Crippen LogP contribution is -2.34. The number of amides is 1. The Bertz CT molecular complexity index is 539. The number of rotatable bonds is 8. The number of nitrogens with zero attached hydrogens (tertiary/aromatic N) is 1. The van der Waals surface area contributed by atoms with Gasteiger partial charge in [0.2, 0.25) is 0 Å². The molecule has 2 rings (SSSR count). The third-order valence-corrected chi connectivity index (χ3v) is 3.68. The van der Waals surface area contributed by atoms with E-state index in [0.29, 0.717) is 24.1 Å². The summed E-state index contributed by atoms with van der Waals surface area (Å²) in [5.74, 6) is 1.19. The molecular formula is C17H24N2O4. The molecule has 1 N–H and O–H groups in total. The zero-order valence-electron chi connectivity index (χ0n) is 13.7.